The Hall–Kier alpha value is -0.390. The van der Waals surface area contributed by atoms with Crippen LogP contribution in [0.15, 0.2) is 27.1 Å². The second kappa shape index (κ2) is 7.41. The van der Waals surface area contributed by atoms with Gasteiger partial charge in [0.1, 0.15) is 0 Å². The van der Waals surface area contributed by atoms with E-state index in [9.17, 15) is 4.79 Å². The number of benzene rings is 1. The molecular weight excluding hydrogens is 372 g/mol. The Labute approximate surface area is 132 Å². The van der Waals surface area contributed by atoms with Crippen molar-refractivity contribution in [1.82, 2.24) is 9.80 Å². The number of halogens is 2. The minimum Gasteiger partial charge on any atom is -0.335 e. The van der Waals surface area contributed by atoms with E-state index in [4.69, 9.17) is 0 Å². The van der Waals surface area contributed by atoms with Gasteiger partial charge >= 0.3 is 0 Å². The minimum absolute atomic E-state index is 0.0684. The van der Waals surface area contributed by atoms with Crippen LogP contribution >= 0.6 is 31.9 Å². The second-order valence-electron chi connectivity index (χ2n) is 4.86. The van der Waals surface area contributed by atoms with Gasteiger partial charge in [0, 0.05) is 33.6 Å². The third-order valence-corrected chi connectivity index (χ3v) is 3.79. The molecule has 1 unspecified atom stereocenters. The molecule has 0 fully saturated rings. The van der Waals surface area contributed by atoms with Crippen molar-refractivity contribution >= 4 is 37.8 Å². The molecule has 0 N–H and O–H groups in total. The van der Waals surface area contributed by atoms with Gasteiger partial charge in [-0.05, 0) is 46.1 Å². The first-order valence-corrected chi connectivity index (χ1v) is 7.85. The summed E-state index contributed by atoms with van der Waals surface area (Å²) in [5.74, 6) is 0.0684. The van der Waals surface area contributed by atoms with Crippen LogP contribution in [0.4, 0.5) is 0 Å². The summed E-state index contributed by atoms with van der Waals surface area (Å²) in [6, 6.07) is 5.83. The molecule has 0 bridgehead atoms. The first-order chi connectivity index (χ1) is 8.85. The Bertz CT molecular complexity index is 429. The third kappa shape index (κ3) is 4.89. The summed E-state index contributed by atoms with van der Waals surface area (Å²) in [6.07, 6.45) is 0. The molecule has 0 aliphatic rings. The van der Waals surface area contributed by atoms with Gasteiger partial charge in [0.15, 0.2) is 0 Å². The Morgan fingerprint density at radius 3 is 2.16 bits per heavy atom. The lowest BCUT2D eigenvalue weighted by molar-refractivity contribution is 0.0679. The highest BCUT2D eigenvalue weighted by Crippen LogP contribution is 2.21. The number of carbonyl (C=O) groups is 1. The molecule has 106 valence electrons. The average Bonchev–Trinajstić information content (AvgIpc) is 2.27. The van der Waals surface area contributed by atoms with Gasteiger partial charge in [0.2, 0.25) is 0 Å². The fourth-order valence-corrected chi connectivity index (χ4v) is 3.42. The van der Waals surface area contributed by atoms with Crippen LogP contribution in [-0.4, -0.2) is 48.9 Å². The van der Waals surface area contributed by atoms with Gasteiger partial charge in [-0.1, -0.05) is 31.9 Å². The van der Waals surface area contributed by atoms with Crippen molar-refractivity contribution < 1.29 is 4.79 Å². The van der Waals surface area contributed by atoms with Gasteiger partial charge in [-0.15, -0.1) is 0 Å². The van der Waals surface area contributed by atoms with Crippen LogP contribution in [0.1, 0.15) is 24.2 Å². The van der Waals surface area contributed by atoms with Gasteiger partial charge in [-0.3, -0.25) is 4.79 Å². The number of rotatable bonds is 5. The zero-order valence-electron chi connectivity index (χ0n) is 11.8. The average molecular weight is 392 g/mol. The maximum absolute atomic E-state index is 12.6. The third-order valence-electron chi connectivity index (χ3n) is 2.87. The van der Waals surface area contributed by atoms with Crippen molar-refractivity contribution in [3.8, 4) is 0 Å². The molecule has 0 radical (unpaired) electrons. The fourth-order valence-electron chi connectivity index (χ4n) is 2.13. The van der Waals surface area contributed by atoms with E-state index in [-0.39, 0.29) is 11.9 Å². The van der Waals surface area contributed by atoms with Crippen molar-refractivity contribution in [1.29, 1.82) is 0 Å². The lowest BCUT2D eigenvalue weighted by Crippen LogP contribution is -2.43. The molecule has 1 amide bonds. The molecule has 0 aliphatic carbocycles. The van der Waals surface area contributed by atoms with Crippen LogP contribution in [0.2, 0.25) is 0 Å². The molecule has 1 rings (SSSR count). The smallest absolute Gasteiger partial charge is 0.254 e. The van der Waals surface area contributed by atoms with Crippen molar-refractivity contribution in [2.45, 2.75) is 19.9 Å². The van der Waals surface area contributed by atoms with Crippen molar-refractivity contribution in [2.24, 2.45) is 0 Å². The number of likely N-dealkylation sites (N-methyl/N-ethyl adjacent to an activating group) is 2. The highest BCUT2D eigenvalue weighted by molar-refractivity contribution is 9.11. The van der Waals surface area contributed by atoms with E-state index in [1.54, 1.807) is 0 Å². The molecule has 0 heterocycles. The lowest BCUT2D eigenvalue weighted by Gasteiger charge is -2.30. The van der Waals surface area contributed by atoms with Gasteiger partial charge in [-0.25, -0.2) is 0 Å². The molecule has 5 heteroatoms. The van der Waals surface area contributed by atoms with Crippen molar-refractivity contribution in [2.75, 3.05) is 27.2 Å². The Balaban J connectivity index is 2.94. The molecule has 0 aliphatic heterocycles. The number of hydrogen-bond donors (Lipinski definition) is 0. The predicted molar refractivity (Wildman–Crippen MR) is 86.6 cm³/mol. The van der Waals surface area contributed by atoms with E-state index in [1.165, 1.54) is 0 Å². The maximum Gasteiger partial charge on any atom is 0.254 e. The number of amides is 1. The van der Waals surface area contributed by atoms with Crippen LogP contribution in [0, 0.1) is 0 Å². The normalized spacial score (nSPS) is 12.6. The van der Waals surface area contributed by atoms with Gasteiger partial charge in [0.25, 0.3) is 5.91 Å². The highest BCUT2D eigenvalue weighted by Gasteiger charge is 2.20. The first-order valence-electron chi connectivity index (χ1n) is 6.27. The first kappa shape index (κ1) is 16.7. The molecular formula is C14H20Br2N2O. The molecule has 0 saturated carbocycles. The number of hydrogen-bond acceptors (Lipinski definition) is 2. The SMILES string of the molecule is CCN(C(=O)c1cc(Br)cc(Br)c1)C(C)CN(C)C. The standard InChI is InChI=1S/C14H20Br2N2O/c1-5-18(10(2)9-17(3)4)14(19)11-6-12(15)8-13(16)7-11/h6-8,10H,5,9H2,1-4H3. The summed E-state index contributed by atoms with van der Waals surface area (Å²) in [6.45, 7) is 5.65. The Morgan fingerprint density at radius 1 is 1.21 bits per heavy atom. The largest absolute Gasteiger partial charge is 0.335 e. The molecule has 1 atom stereocenters. The van der Waals surface area contributed by atoms with E-state index in [0.29, 0.717) is 12.1 Å². The van der Waals surface area contributed by atoms with E-state index in [1.807, 2.05) is 44.1 Å². The molecule has 19 heavy (non-hydrogen) atoms. The van der Waals surface area contributed by atoms with Crippen molar-refractivity contribution in [3.05, 3.63) is 32.7 Å². The van der Waals surface area contributed by atoms with Gasteiger partial charge < -0.3 is 9.80 Å². The summed E-state index contributed by atoms with van der Waals surface area (Å²) in [7, 11) is 4.04. The minimum atomic E-state index is 0.0684. The van der Waals surface area contributed by atoms with Crippen LogP contribution in [0.5, 0.6) is 0 Å². The maximum atomic E-state index is 12.6. The quantitative estimate of drug-likeness (QED) is 0.765. The zero-order valence-corrected chi connectivity index (χ0v) is 15.0. The highest BCUT2D eigenvalue weighted by atomic mass is 79.9. The molecule has 1 aromatic carbocycles. The number of nitrogens with zero attached hydrogens (tertiary/aromatic N) is 2. The van der Waals surface area contributed by atoms with E-state index >= 15 is 0 Å². The summed E-state index contributed by atoms with van der Waals surface area (Å²) < 4.78 is 1.81. The topological polar surface area (TPSA) is 23.6 Å². The van der Waals surface area contributed by atoms with Crippen LogP contribution < -0.4 is 0 Å². The second-order valence-corrected chi connectivity index (χ2v) is 6.69. The molecule has 0 aromatic heterocycles. The number of carbonyl (C=O) groups excluding carboxylic acids is 1. The van der Waals surface area contributed by atoms with E-state index < -0.39 is 0 Å². The van der Waals surface area contributed by atoms with Gasteiger partial charge in [0.05, 0.1) is 0 Å². The molecule has 1 aromatic rings. The van der Waals surface area contributed by atoms with E-state index in [2.05, 4.69) is 43.7 Å². The van der Waals surface area contributed by atoms with Gasteiger partial charge in [-0.2, -0.15) is 0 Å². The van der Waals surface area contributed by atoms with Crippen LogP contribution in [-0.2, 0) is 0 Å². The van der Waals surface area contributed by atoms with Crippen LogP contribution in [0.25, 0.3) is 0 Å². The Kier molecular flexibility index (Phi) is 6.50. The summed E-state index contributed by atoms with van der Waals surface area (Å²) >= 11 is 6.84. The van der Waals surface area contributed by atoms with Crippen molar-refractivity contribution in [3.63, 3.8) is 0 Å². The molecule has 3 nitrogen and oxygen atoms in total. The van der Waals surface area contributed by atoms with E-state index in [0.717, 1.165) is 15.5 Å². The fraction of sp³-hybridized carbons (Fsp3) is 0.500. The summed E-state index contributed by atoms with van der Waals surface area (Å²) in [5, 5.41) is 0. The molecule has 0 spiro atoms. The summed E-state index contributed by atoms with van der Waals surface area (Å²) in [5.41, 5.74) is 0.703. The monoisotopic (exact) mass is 390 g/mol. The molecule has 0 saturated heterocycles. The predicted octanol–water partition coefficient (Wildman–Crippen LogP) is 3.62. The summed E-state index contributed by atoms with van der Waals surface area (Å²) in [4.78, 5) is 16.6. The Morgan fingerprint density at radius 2 is 1.74 bits per heavy atom. The van der Waals surface area contributed by atoms with Crippen LogP contribution in [0.3, 0.4) is 0 Å². The zero-order chi connectivity index (χ0) is 14.6. The lowest BCUT2D eigenvalue weighted by atomic mass is 10.1.